The van der Waals surface area contributed by atoms with E-state index in [1.165, 1.54) is 4.90 Å². The van der Waals surface area contributed by atoms with E-state index in [1.54, 1.807) is 59.2 Å². The highest BCUT2D eigenvalue weighted by molar-refractivity contribution is 7.80. The minimum Gasteiger partial charge on any atom is -0.497 e. The Morgan fingerprint density at radius 1 is 1.03 bits per heavy atom. The lowest BCUT2D eigenvalue weighted by Gasteiger charge is -2.32. The number of methoxy groups -OCH3 is 1. The van der Waals surface area contributed by atoms with Gasteiger partial charge in [0.25, 0.3) is 5.91 Å². The number of hydrogen-bond acceptors (Lipinski definition) is 6. The number of likely N-dealkylation sites (N-methyl/N-ethyl adjacent to an activating group) is 1. The lowest BCUT2D eigenvalue weighted by atomic mass is 9.94. The Balaban J connectivity index is 2.38. The van der Waals surface area contributed by atoms with Crippen molar-refractivity contribution in [2.45, 2.75) is 52.3 Å². The van der Waals surface area contributed by atoms with E-state index < -0.39 is 35.6 Å². The van der Waals surface area contributed by atoms with Crippen molar-refractivity contribution in [3.63, 3.8) is 0 Å². The molecule has 0 aromatic heterocycles. The lowest BCUT2D eigenvalue weighted by Crippen LogP contribution is -2.52. The molecule has 190 valence electrons. The van der Waals surface area contributed by atoms with Crippen molar-refractivity contribution in [1.29, 1.82) is 0 Å². The summed E-state index contributed by atoms with van der Waals surface area (Å²) in [5.41, 5.74) is 2.28. The van der Waals surface area contributed by atoms with E-state index in [2.05, 4.69) is 23.3 Å². The highest BCUT2D eigenvalue weighted by atomic mass is 32.1. The first-order valence-electron chi connectivity index (χ1n) is 11.3. The highest BCUT2D eigenvalue weighted by Crippen LogP contribution is 2.29. The molecule has 35 heavy (non-hydrogen) atoms. The minimum absolute atomic E-state index is 0.0298. The average molecular weight is 502 g/mol. The van der Waals surface area contributed by atoms with Crippen LogP contribution in [0.3, 0.4) is 0 Å². The van der Waals surface area contributed by atoms with E-state index in [1.807, 2.05) is 32.0 Å². The number of nitrogens with one attached hydrogen (secondary N) is 2. The molecule has 3 amide bonds. The number of carbonyl (C=O) groups is 3. The summed E-state index contributed by atoms with van der Waals surface area (Å²) in [6.45, 7) is 8.98. The van der Waals surface area contributed by atoms with Crippen molar-refractivity contribution in [3.8, 4) is 5.75 Å². The molecule has 2 aromatic carbocycles. The van der Waals surface area contributed by atoms with Gasteiger partial charge in [-0.15, -0.1) is 0 Å². The summed E-state index contributed by atoms with van der Waals surface area (Å²) in [6.07, 6.45) is -0.732. The molecule has 0 aliphatic rings. The Labute approximate surface area is 212 Å². The minimum atomic E-state index is -0.987. The van der Waals surface area contributed by atoms with Gasteiger partial charge in [0, 0.05) is 18.5 Å². The third kappa shape index (κ3) is 7.65. The van der Waals surface area contributed by atoms with Crippen LogP contribution >= 0.6 is 12.6 Å². The van der Waals surface area contributed by atoms with Gasteiger partial charge in [0.15, 0.2) is 0 Å². The number of anilines is 1. The largest absolute Gasteiger partial charge is 0.497 e. The zero-order valence-corrected chi connectivity index (χ0v) is 22.2. The monoisotopic (exact) mass is 501 g/mol. The van der Waals surface area contributed by atoms with Crippen molar-refractivity contribution < 1.29 is 23.9 Å². The Bertz CT molecular complexity index is 1030. The van der Waals surface area contributed by atoms with Crippen LogP contribution in [0.4, 0.5) is 10.5 Å². The summed E-state index contributed by atoms with van der Waals surface area (Å²) in [4.78, 5) is 40.7. The third-order valence-electron chi connectivity index (χ3n) is 5.33. The molecule has 0 saturated carbocycles. The number of carbonyl (C=O) groups excluding carboxylic acids is 3. The maximum Gasteiger partial charge on any atom is 0.408 e. The number of benzene rings is 2. The first-order valence-corrected chi connectivity index (χ1v) is 11.9. The molecule has 0 saturated heterocycles. The summed E-state index contributed by atoms with van der Waals surface area (Å²) >= 11 is 4.25. The lowest BCUT2D eigenvalue weighted by molar-refractivity contribution is -0.138. The molecule has 0 aliphatic heterocycles. The van der Waals surface area contributed by atoms with Gasteiger partial charge in [-0.05, 0) is 75.6 Å². The maximum absolute atomic E-state index is 13.6. The molecule has 2 N–H and O–H groups in total. The van der Waals surface area contributed by atoms with Gasteiger partial charge in [-0.1, -0.05) is 18.2 Å². The first-order chi connectivity index (χ1) is 16.4. The molecule has 9 heteroatoms. The Morgan fingerprint density at radius 2 is 1.60 bits per heavy atom. The summed E-state index contributed by atoms with van der Waals surface area (Å²) < 4.78 is 10.5. The van der Waals surface area contributed by atoms with E-state index >= 15 is 0 Å². The van der Waals surface area contributed by atoms with Gasteiger partial charge in [0.2, 0.25) is 5.91 Å². The van der Waals surface area contributed by atoms with Crippen molar-refractivity contribution in [2.24, 2.45) is 0 Å². The van der Waals surface area contributed by atoms with Gasteiger partial charge in [-0.2, -0.15) is 12.6 Å². The van der Waals surface area contributed by atoms with E-state index in [-0.39, 0.29) is 5.75 Å². The van der Waals surface area contributed by atoms with Crippen LogP contribution in [0.15, 0.2) is 42.5 Å². The Morgan fingerprint density at radius 3 is 2.09 bits per heavy atom. The van der Waals surface area contributed by atoms with Gasteiger partial charge in [-0.25, -0.2) is 4.79 Å². The molecular weight excluding hydrogens is 466 g/mol. The van der Waals surface area contributed by atoms with Gasteiger partial charge >= 0.3 is 6.09 Å². The van der Waals surface area contributed by atoms with Crippen LogP contribution in [-0.2, 0) is 14.3 Å². The zero-order chi connectivity index (χ0) is 26.3. The zero-order valence-electron chi connectivity index (χ0n) is 21.3. The van der Waals surface area contributed by atoms with Crippen LogP contribution in [0.1, 0.15) is 43.5 Å². The second-order valence-corrected chi connectivity index (χ2v) is 9.62. The van der Waals surface area contributed by atoms with Gasteiger partial charge in [0.1, 0.15) is 23.4 Å². The van der Waals surface area contributed by atoms with Crippen LogP contribution < -0.4 is 15.4 Å². The van der Waals surface area contributed by atoms with E-state index in [0.717, 1.165) is 11.1 Å². The molecular formula is C26H35N3O5S. The molecule has 0 heterocycles. The quantitative estimate of drug-likeness (QED) is 0.470. The number of ether oxygens (including phenoxy) is 2. The number of aryl methyl sites for hydroxylation is 2. The van der Waals surface area contributed by atoms with E-state index in [4.69, 9.17) is 9.47 Å². The number of rotatable bonds is 8. The van der Waals surface area contributed by atoms with Crippen LogP contribution in [-0.4, -0.2) is 54.4 Å². The number of hydrogen-bond donors (Lipinski definition) is 3. The highest BCUT2D eigenvalue weighted by Gasteiger charge is 2.35. The van der Waals surface area contributed by atoms with E-state index in [9.17, 15) is 14.4 Å². The van der Waals surface area contributed by atoms with Crippen molar-refractivity contribution in [2.75, 3.05) is 25.2 Å². The topological polar surface area (TPSA) is 97.0 Å². The Kier molecular flexibility index (Phi) is 9.59. The van der Waals surface area contributed by atoms with Crippen molar-refractivity contribution in [1.82, 2.24) is 10.2 Å². The molecule has 8 nitrogen and oxygen atoms in total. The molecule has 0 radical (unpaired) electrons. The van der Waals surface area contributed by atoms with Gasteiger partial charge in [0.05, 0.1) is 7.11 Å². The molecule has 0 bridgehead atoms. The fourth-order valence-corrected chi connectivity index (χ4v) is 3.90. The van der Waals surface area contributed by atoms with Crippen LogP contribution in [0, 0.1) is 13.8 Å². The third-order valence-corrected chi connectivity index (χ3v) is 5.69. The standard InChI is InChI=1S/C26H35N3O5S/c1-16-9-8-10-17(2)21(16)22(23(30)27-18-11-13-19(33-7)14-12-18)29(6)24(31)20(15-35)28-25(32)34-26(3,4)5/h8-14,20,22,35H,15H2,1-7H3,(H,27,30)(H,28,32). The fourth-order valence-electron chi connectivity index (χ4n) is 3.65. The molecule has 2 unspecified atom stereocenters. The molecule has 2 aromatic rings. The van der Waals surface area contributed by atoms with Gasteiger partial charge in [-0.3, -0.25) is 9.59 Å². The number of alkyl carbamates (subject to hydrolysis) is 1. The summed E-state index contributed by atoms with van der Waals surface area (Å²) in [7, 11) is 3.11. The molecule has 0 aliphatic carbocycles. The molecule has 0 spiro atoms. The molecule has 2 atom stereocenters. The van der Waals surface area contributed by atoms with Gasteiger partial charge < -0.3 is 25.0 Å². The normalized spacial score (nSPS) is 12.8. The summed E-state index contributed by atoms with van der Waals surface area (Å²) in [5.74, 6) is -0.171. The van der Waals surface area contributed by atoms with Crippen molar-refractivity contribution in [3.05, 3.63) is 59.2 Å². The first kappa shape index (κ1) is 28.0. The second kappa shape index (κ2) is 12.0. The number of thiol groups is 1. The summed E-state index contributed by atoms with van der Waals surface area (Å²) in [5, 5.41) is 5.46. The number of amides is 3. The smallest absolute Gasteiger partial charge is 0.408 e. The van der Waals surface area contributed by atoms with Crippen LogP contribution in [0.5, 0.6) is 5.75 Å². The summed E-state index contributed by atoms with van der Waals surface area (Å²) in [6, 6.07) is 10.7. The number of nitrogens with zero attached hydrogens (tertiary/aromatic N) is 1. The van der Waals surface area contributed by atoms with Crippen molar-refractivity contribution >= 4 is 36.2 Å². The molecule has 0 fully saturated rings. The maximum atomic E-state index is 13.6. The predicted molar refractivity (Wildman–Crippen MR) is 140 cm³/mol. The SMILES string of the molecule is COc1ccc(NC(=O)C(c2c(C)cccc2C)N(C)C(=O)C(CS)NC(=O)OC(C)(C)C)cc1. The van der Waals surface area contributed by atoms with E-state index in [0.29, 0.717) is 17.0 Å². The molecule has 2 rings (SSSR count). The second-order valence-electron chi connectivity index (χ2n) is 9.26. The predicted octanol–water partition coefficient (Wildman–Crippen LogP) is 4.27. The van der Waals surface area contributed by atoms with Crippen LogP contribution in [0.25, 0.3) is 0 Å². The van der Waals surface area contributed by atoms with Crippen LogP contribution in [0.2, 0.25) is 0 Å². The Hall–Kier alpha value is -3.20. The average Bonchev–Trinajstić information content (AvgIpc) is 2.78. The fraction of sp³-hybridized carbons (Fsp3) is 0.423.